The number of carbonyl (C=O) groups is 1. The quantitative estimate of drug-likeness (QED) is 0.792. The van der Waals surface area contributed by atoms with Crippen molar-refractivity contribution in [2.75, 3.05) is 14.1 Å². The van der Waals surface area contributed by atoms with Crippen molar-refractivity contribution in [1.29, 1.82) is 0 Å². The monoisotopic (exact) mass is 224 g/mol. The van der Waals surface area contributed by atoms with Gasteiger partial charge < -0.3 is 0 Å². The number of hydrogen-bond donors (Lipinski definition) is 1. The molecule has 0 fully saturated rings. The summed E-state index contributed by atoms with van der Waals surface area (Å²) in [6.45, 7) is 3.40. The Labute approximate surface area is 95.2 Å². The largest absolute Gasteiger partial charge is 0.289 e. The first-order valence-electron chi connectivity index (χ1n) is 5.09. The van der Waals surface area contributed by atoms with Crippen molar-refractivity contribution in [3.8, 4) is 0 Å². The van der Waals surface area contributed by atoms with Crippen LogP contribution < -0.4 is 5.43 Å². The van der Waals surface area contributed by atoms with E-state index in [-0.39, 0.29) is 11.7 Å². The molecule has 1 aromatic carbocycles. The van der Waals surface area contributed by atoms with Crippen LogP contribution in [0.25, 0.3) is 0 Å². The Bertz CT molecular complexity index is 388. The third-order valence-corrected chi connectivity index (χ3v) is 2.44. The molecule has 0 saturated heterocycles. The first kappa shape index (κ1) is 12.6. The van der Waals surface area contributed by atoms with Gasteiger partial charge in [-0.1, -0.05) is 18.2 Å². The predicted octanol–water partition coefficient (Wildman–Crippen LogP) is 1.70. The molecule has 1 aromatic rings. The summed E-state index contributed by atoms with van der Waals surface area (Å²) in [5.74, 6) is -0.594. The second-order valence-electron chi connectivity index (χ2n) is 4.44. The van der Waals surface area contributed by atoms with Crippen molar-refractivity contribution in [2.45, 2.75) is 19.3 Å². The lowest BCUT2D eigenvalue weighted by atomic mass is 9.83. The van der Waals surface area contributed by atoms with Gasteiger partial charge in [0, 0.05) is 19.7 Å². The highest BCUT2D eigenvalue weighted by molar-refractivity contribution is 5.86. The van der Waals surface area contributed by atoms with Crippen LogP contribution in [0.1, 0.15) is 19.4 Å². The van der Waals surface area contributed by atoms with Crippen LogP contribution in [-0.2, 0) is 10.2 Å². The first-order chi connectivity index (χ1) is 7.35. The molecule has 0 atom stereocenters. The fourth-order valence-electron chi connectivity index (χ4n) is 1.43. The summed E-state index contributed by atoms with van der Waals surface area (Å²) in [5, 5.41) is 1.55. The van der Waals surface area contributed by atoms with E-state index in [0.29, 0.717) is 5.56 Å². The van der Waals surface area contributed by atoms with Crippen LogP contribution in [0.5, 0.6) is 0 Å². The number of benzene rings is 1. The van der Waals surface area contributed by atoms with Gasteiger partial charge in [-0.15, -0.1) is 0 Å². The minimum Gasteiger partial charge on any atom is -0.289 e. The second-order valence-corrected chi connectivity index (χ2v) is 4.44. The van der Waals surface area contributed by atoms with Crippen LogP contribution in [0.3, 0.4) is 0 Å². The molecular formula is C12H17FN2O. The molecule has 1 rings (SSSR count). The lowest BCUT2D eigenvalue weighted by Crippen LogP contribution is -2.46. The molecule has 0 bridgehead atoms. The van der Waals surface area contributed by atoms with E-state index in [1.165, 1.54) is 6.07 Å². The van der Waals surface area contributed by atoms with Gasteiger partial charge in [-0.2, -0.15) is 0 Å². The van der Waals surface area contributed by atoms with Gasteiger partial charge in [0.05, 0.1) is 5.41 Å². The van der Waals surface area contributed by atoms with Crippen molar-refractivity contribution in [3.05, 3.63) is 35.6 Å². The Morgan fingerprint density at radius 1 is 1.31 bits per heavy atom. The smallest absolute Gasteiger partial charge is 0.244 e. The van der Waals surface area contributed by atoms with Gasteiger partial charge in [-0.25, -0.2) is 9.40 Å². The highest BCUT2D eigenvalue weighted by Gasteiger charge is 2.32. The summed E-state index contributed by atoms with van der Waals surface area (Å²) in [4.78, 5) is 11.9. The third kappa shape index (κ3) is 2.58. The summed E-state index contributed by atoms with van der Waals surface area (Å²) in [6, 6.07) is 6.33. The molecular weight excluding hydrogens is 207 g/mol. The van der Waals surface area contributed by atoms with E-state index < -0.39 is 5.41 Å². The molecule has 1 N–H and O–H groups in total. The molecule has 0 radical (unpaired) electrons. The van der Waals surface area contributed by atoms with Crippen LogP contribution >= 0.6 is 0 Å². The van der Waals surface area contributed by atoms with Gasteiger partial charge >= 0.3 is 0 Å². The van der Waals surface area contributed by atoms with E-state index in [9.17, 15) is 9.18 Å². The first-order valence-corrected chi connectivity index (χ1v) is 5.09. The molecule has 0 aliphatic rings. The number of hydrazine groups is 1. The van der Waals surface area contributed by atoms with Crippen molar-refractivity contribution in [3.63, 3.8) is 0 Å². The number of carbonyl (C=O) groups excluding carboxylic acids is 1. The van der Waals surface area contributed by atoms with E-state index in [2.05, 4.69) is 5.43 Å². The number of nitrogens with zero attached hydrogens (tertiary/aromatic N) is 1. The molecule has 88 valence electrons. The van der Waals surface area contributed by atoms with Crippen LogP contribution in [-0.4, -0.2) is 25.0 Å². The van der Waals surface area contributed by atoms with Gasteiger partial charge in [0.25, 0.3) is 0 Å². The summed E-state index contributed by atoms with van der Waals surface area (Å²) >= 11 is 0. The fourth-order valence-corrected chi connectivity index (χ4v) is 1.43. The Hall–Kier alpha value is -1.42. The summed E-state index contributed by atoms with van der Waals surface area (Å²) < 4.78 is 13.6. The van der Waals surface area contributed by atoms with E-state index in [0.717, 1.165) is 0 Å². The maximum Gasteiger partial charge on any atom is 0.244 e. The van der Waals surface area contributed by atoms with Crippen molar-refractivity contribution < 1.29 is 9.18 Å². The zero-order valence-electron chi connectivity index (χ0n) is 10.0. The summed E-state index contributed by atoms with van der Waals surface area (Å²) in [5.41, 5.74) is 2.14. The molecule has 0 aliphatic carbocycles. The molecule has 3 nitrogen and oxygen atoms in total. The molecule has 1 amide bonds. The number of rotatable bonds is 3. The Balaban J connectivity index is 3.02. The number of hydrogen-bond acceptors (Lipinski definition) is 2. The normalized spacial score (nSPS) is 11.6. The van der Waals surface area contributed by atoms with E-state index in [4.69, 9.17) is 0 Å². The highest BCUT2D eigenvalue weighted by Crippen LogP contribution is 2.25. The zero-order chi connectivity index (χ0) is 12.3. The predicted molar refractivity (Wildman–Crippen MR) is 61.3 cm³/mol. The highest BCUT2D eigenvalue weighted by atomic mass is 19.1. The average molecular weight is 224 g/mol. The van der Waals surface area contributed by atoms with Crippen molar-refractivity contribution in [1.82, 2.24) is 10.4 Å². The standard InChI is InChI=1S/C12H17FN2O/c1-12(2,11(16)14-15(3)4)9-7-5-6-8-10(9)13/h5-8H,1-4H3,(H,14,16). The van der Waals surface area contributed by atoms with Crippen LogP contribution in [0.4, 0.5) is 4.39 Å². The summed E-state index contributed by atoms with van der Waals surface area (Å²) in [6.07, 6.45) is 0. The van der Waals surface area contributed by atoms with Gasteiger partial charge in [-0.3, -0.25) is 10.2 Å². The second kappa shape index (κ2) is 4.61. The molecule has 0 unspecified atom stereocenters. The molecule has 0 aromatic heterocycles. The number of nitrogens with one attached hydrogen (secondary N) is 1. The SMILES string of the molecule is CN(C)NC(=O)C(C)(C)c1ccccc1F. The van der Waals surface area contributed by atoms with Gasteiger partial charge in [0.2, 0.25) is 5.91 Å². The van der Waals surface area contributed by atoms with E-state index >= 15 is 0 Å². The zero-order valence-corrected chi connectivity index (χ0v) is 10.0. The van der Waals surface area contributed by atoms with Crippen molar-refractivity contribution >= 4 is 5.91 Å². The molecule has 0 heterocycles. The van der Waals surface area contributed by atoms with Crippen LogP contribution in [0.15, 0.2) is 24.3 Å². The van der Waals surface area contributed by atoms with Crippen molar-refractivity contribution in [2.24, 2.45) is 0 Å². The Morgan fingerprint density at radius 2 is 1.88 bits per heavy atom. The maximum atomic E-state index is 13.6. The number of halogens is 1. The lowest BCUT2D eigenvalue weighted by molar-refractivity contribution is -0.129. The number of amides is 1. The maximum absolute atomic E-state index is 13.6. The van der Waals surface area contributed by atoms with E-state index in [1.807, 2.05) is 0 Å². The Kier molecular flexibility index (Phi) is 3.65. The van der Waals surface area contributed by atoms with Crippen LogP contribution in [0, 0.1) is 5.82 Å². The molecule has 4 heteroatoms. The summed E-state index contributed by atoms with van der Waals surface area (Å²) in [7, 11) is 3.44. The Morgan fingerprint density at radius 3 is 2.38 bits per heavy atom. The third-order valence-electron chi connectivity index (χ3n) is 2.44. The lowest BCUT2D eigenvalue weighted by Gasteiger charge is -2.26. The van der Waals surface area contributed by atoms with Gasteiger partial charge in [0.15, 0.2) is 0 Å². The van der Waals surface area contributed by atoms with E-state index in [1.54, 1.807) is 51.2 Å². The van der Waals surface area contributed by atoms with Crippen LogP contribution in [0.2, 0.25) is 0 Å². The average Bonchev–Trinajstić information content (AvgIpc) is 2.16. The topological polar surface area (TPSA) is 32.3 Å². The van der Waals surface area contributed by atoms with Gasteiger partial charge in [0.1, 0.15) is 5.82 Å². The molecule has 0 aliphatic heterocycles. The molecule has 16 heavy (non-hydrogen) atoms. The fraction of sp³-hybridized carbons (Fsp3) is 0.417. The van der Waals surface area contributed by atoms with Gasteiger partial charge in [-0.05, 0) is 19.9 Å². The molecule has 0 spiro atoms. The molecule has 0 saturated carbocycles. The minimum atomic E-state index is -0.893. The minimum absolute atomic E-state index is 0.234.